The van der Waals surface area contributed by atoms with Crippen LogP contribution in [0.2, 0.25) is 5.15 Å². The Bertz CT molecular complexity index is 751. The number of nitrogens with zero attached hydrogens (tertiary/aromatic N) is 2. The van der Waals surface area contributed by atoms with Gasteiger partial charge in [0.2, 0.25) is 10.0 Å². The maximum Gasteiger partial charge on any atom is 0.240 e. The highest BCUT2D eigenvalue weighted by molar-refractivity contribution is 7.89. The molecule has 0 radical (unpaired) electrons. The fraction of sp³-hybridized carbons (Fsp3) is 0.438. The molecule has 0 aliphatic rings. The van der Waals surface area contributed by atoms with Crippen molar-refractivity contribution in [3.63, 3.8) is 0 Å². The van der Waals surface area contributed by atoms with E-state index in [2.05, 4.69) is 23.7 Å². The summed E-state index contributed by atoms with van der Waals surface area (Å²) >= 11 is 5.91. The normalized spacial score (nSPS) is 11.9. The number of nitrogens with one attached hydrogen (secondary N) is 1. The zero-order valence-corrected chi connectivity index (χ0v) is 15.6. The van der Waals surface area contributed by atoms with Crippen molar-refractivity contribution in [3.05, 3.63) is 41.2 Å². The van der Waals surface area contributed by atoms with E-state index in [1.165, 1.54) is 12.1 Å². The van der Waals surface area contributed by atoms with Gasteiger partial charge in [0.25, 0.3) is 0 Å². The van der Waals surface area contributed by atoms with Gasteiger partial charge in [0.1, 0.15) is 23.2 Å². The van der Waals surface area contributed by atoms with E-state index in [9.17, 15) is 8.42 Å². The number of sulfonamides is 1. The van der Waals surface area contributed by atoms with Crippen LogP contribution in [0.5, 0.6) is 5.75 Å². The Kier molecular flexibility index (Phi) is 6.26. The largest absolute Gasteiger partial charge is 0.487 e. The van der Waals surface area contributed by atoms with Crippen LogP contribution in [0.3, 0.4) is 0 Å². The number of aromatic nitrogens is 2. The summed E-state index contributed by atoms with van der Waals surface area (Å²) in [5.41, 5.74) is 0.703. The standard InChI is InChI=1S/C16H22ClN3O3S/c1-12(2)8-9-18-24(21,22)15-6-4-14(5-7-15)23-11-13-10-16(17)20(3)19-13/h4-7,10,12,18H,8-9,11H2,1-3H3. The topological polar surface area (TPSA) is 73.2 Å². The second-order valence-electron chi connectivity index (χ2n) is 5.92. The third-order valence-electron chi connectivity index (χ3n) is 3.41. The lowest BCUT2D eigenvalue weighted by Gasteiger charge is -2.09. The smallest absolute Gasteiger partial charge is 0.240 e. The van der Waals surface area contributed by atoms with Crippen LogP contribution in [0, 0.1) is 5.92 Å². The van der Waals surface area contributed by atoms with Crippen molar-refractivity contribution >= 4 is 21.6 Å². The summed E-state index contributed by atoms with van der Waals surface area (Å²) in [6.07, 6.45) is 0.799. The van der Waals surface area contributed by atoms with Gasteiger partial charge < -0.3 is 4.74 Å². The SMILES string of the molecule is CC(C)CCNS(=O)(=O)c1ccc(OCc2cc(Cl)n(C)n2)cc1. The minimum Gasteiger partial charge on any atom is -0.487 e. The Hall–Kier alpha value is -1.57. The van der Waals surface area contributed by atoms with Gasteiger partial charge in [-0.2, -0.15) is 5.10 Å². The van der Waals surface area contributed by atoms with Crippen LogP contribution < -0.4 is 9.46 Å². The van der Waals surface area contributed by atoms with Gasteiger partial charge in [0.05, 0.1) is 4.90 Å². The molecule has 1 heterocycles. The van der Waals surface area contributed by atoms with Crippen LogP contribution in [0.25, 0.3) is 0 Å². The second-order valence-corrected chi connectivity index (χ2v) is 8.08. The summed E-state index contributed by atoms with van der Waals surface area (Å²) < 4.78 is 34.1. The molecule has 0 saturated heterocycles. The van der Waals surface area contributed by atoms with Crippen molar-refractivity contribution in [2.75, 3.05) is 6.54 Å². The van der Waals surface area contributed by atoms with Gasteiger partial charge in [-0.3, -0.25) is 4.68 Å². The lowest BCUT2D eigenvalue weighted by Crippen LogP contribution is -2.25. The van der Waals surface area contributed by atoms with Gasteiger partial charge in [-0.25, -0.2) is 13.1 Å². The Morgan fingerprint density at radius 1 is 1.29 bits per heavy atom. The first-order chi connectivity index (χ1) is 11.3. The average molecular weight is 372 g/mol. The van der Waals surface area contributed by atoms with E-state index >= 15 is 0 Å². The lowest BCUT2D eigenvalue weighted by atomic mass is 10.1. The van der Waals surface area contributed by atoms with Gasteiger partial charge in [-0.05, 0) is 36.6 Å². The lowest BCUT2D eigenvalue weighted by molar-refractivity contribution is 0.300. The fourth-order valence-corrected chi connectivity index (χ4v) is 3.22. The van der Waals surface area contributed by atoms with Crippen LogP contribution in [0.1, 0.15) is 26.0 Å². The van der Waals surface area contributed by atoms with Crippen LogP contribution in [0.4, 0.5) is 0 Å². The number of aryl methyl sites for hydroxylation is 1. The Balaban J connectivity index is 1.94. The summed E-state index contributed by atoms with van der Waals surface area (Å²) in [6, 6.07) is 8.03. The molecule has 0 spiro atoms. The van der Waals surface area contributed by atoms with Crippen molar-refractivity contribution in [3.8, 4) is 5.75 Å². The van der Waals surface area contributed by atoms with Gasteiger partial charge in [-0.1, -0.05) is 25.4 Å². The summed E-state index contributed by atoms with van der Waals surface area (Å²) in [4.78, 5) is 0.222. The molecule has 132 valence electrons. The van der Waals surface area contributed by atoms with Gasteiger partial charge in [0.15, 0.2) is 0 Å². The first kappa shape index (κ1) is 18.8. The number of halogens is 1. The Labute approximate surface area is 147 Å². The maximum atomic E-state index is 12.2. The Morgan fingerprint density at radius 2 is 1.96 bits per heavy atom. The van der Waals surface area contributed by atoms with E-state index in [1.54, 1.807) is 29.9 Å². The molecule has 24 heavy (non-hydrogen) atoms. The van der Waals surface area contributed by atoms with Crippen molar-refractivity contribution in [1.82, 2.24) is 14.5 Å². The zero-order chi connectivity index (χ0) is 17.7. The Morgan fingerprint density at radius 3 is 2.50 bits per heavy atom. The molecule has 0 unspecified atom stereocenters. The summed E-state index contributed by atoms with van der Waals surface area (Å²) in [5, 5.41) is 4.71. The van der Waals surface area contributed by atoms with Crippen molar-refractivity contribution < 1.29 is 13.2 Å². The molecule has 0 saturated carbocycles. The molecule has 1 aromatic heterocycles. The maximum absolute atomic E-state index is 12.2. The van der Waals surface area contributed by atoms with Crippen molar-refractivity contribution in [2.24, 2.45) is 13.0 Å². The molecule has 8 heteroatoms. The highest BCUT2D eigenvalue weighted by Gasteiger charge is 2.13. The first-order valence-corrected chi connectivity index (χ1v) is 9.55. The highest BCUT2D eigenvalue weighted by atomic mass is 35.5. The number of benzene rings is 1. The molecule has 2 rings (SSSR count). The summed E-state index contributed by atoms with van der Waals surface area (Å²) in [5.74, 6) is 1.02. The van der Waals surface area contributed by atoms with Crippen LogP contribution in [-0.4, -0.2) is 24.7 Å². The van der Waals surface area contributed by atoms with E-state index in [0.29, 0.717) is 29.1 Å². The molecule has 1 aromatic carbocycles. The van der Waals surface area contributed by atoms with Crippen molar-refractivity contribution in [2.45, 2.75) is 31.8 Å². The molecular weight excluding hydrogens is 350 g/mol. The van der Waals surface area contributed by atoms with E-state index in [-0.39, 0.29) is 11.5 Å². The minimum absolute atomic E-state index is 0.222. The number of hydrogen-bond donors (Lipinski definition) is 1. The molecule has 2 aromatic rings. The predicted molar refractivity (Wildman–Crippen MR) is 93.6 cm³/mol. The van der Waals surface area contributed by atoms with E-state index < -0.39 is 10.0 Å². The predicted octanol–water partition coefficient (Wildman–Crippen LogP) is 2.98. The van der Waals surface area contributed by atoms with E-state index in [4.69, 9.17) is 16.3 Å². The van der Waals surface area contributed by atoms with E-state index in [0.717, 1.165) is 6.42 Å². The average Bonchev–Trinajstić information content (AvgIpc) is 2.83. The van der Waals surface area contributed by atoms with Crippen LogP contribution in [-0.2, 0) is 23.7 Å². The minimum atomic E-state index is -3.48. The summed E-state index contributed by atoms with van der Waals surface area (Å²) in [6.45, 7) is 4.79. The van der Waals surface area contributed by atoms with Crippen LogP contribution >= 0.6 is 11.6 Å². The molecule has 0 fully saturated rings. The summed E-state index contributed by atoms with van der Waals surface area (Å²) in [7, 11) is -1.73. The molecule has 0 aliphatic heterocycles. The van der Waals surface area contributed by atoms with Gasteiger partial charge >= 0.3 is 0 Å². The molecule has 0 atom stereocenters. The van der Waals surface area contributed by atoms with E-state index in [1.807, 2.05) is 0 Å². The number of hydrogen-bond acceptors (Lipinski definition) is 4. The van der Waals surface area contributed by atoms with Gasteiger partial charge in [-0.15, -0.1) is 0 Å². The third-order valence-corrected chi connectivity index (χ3v) is 5.24. The quantitative estimate of drug-likeness (QED) is 0.774. The molecule has 0 aliphatic carbocycles. The van der Waals surface area contributed by atoms with Crippen LogP contribution in [0.15, 0.2) is 35.2 Å². The molecule has 1 N–H and O–H groups in total. The van der Waals surface area contributed by atoms with Crippen molar-refractivity contribution in [1.29, 1.82) is 0 Å². The highest BCUT2D eigenvalue weighted by Crippen LogP contribution is 2.18. The first-order valence-electron chi connectivity index (χ1n) is 7.69. The number of ether oxygens (including phenoxy) is 1. The third kappa shape index (κ3) is 5.22. The van der Waals surface area contributed by atoms with Gasteiger partial charge in [0, 0.05) is 19.7 Å². The molecular formula is C16H22ClN3O3S. The zero-order valence-electron chi connectivity index (χ0n) is 14.0. The number of rotatable bonds is 8. The molecule has 0 bridgehead atoms. The second kappa shape index (κ2) is 8.00. The molecule has 6 nitrogen and oxygen atoms in total. The fourth-order valence-electron chi connectivity index (χ4n) is 2.01. The monoisotopic (exact) mass is 371 g/mol. The molecule has 0 amide bonds.